The summed E-state index contributed by atoms with van der Waals surface area (Å²) in [5, 5.41) is 13.9. The number of carbonyl (C=O) groups excluding carboxylic acids is 1. The first-order valence-electron chi connectivity index (χ1n) is 6.50. The zero-order valence-corrected chi connectivity index (χ0v) is 11.6. The second-order valence-corrected chi connectivity index (χ2v) is 4.59. The fourth-order valence-electron chi connectivity index (χ4n) is 1.97. The maximum absolute atomic E-state index is 12.0. The first kappa shape index (κ1) is 14.1. The minimum Gasteiger partial charge on any atom is -0.330 e. The summed E-state index contributed by atoms with van der Waals surface area (Å²) in [6, 6.07) is 5.58. The molecule has 1 aromatic carbocycles. The van der Waals surface area contributed by atoms with Crippen LogP contribution >= 0.6 is 0 Å². The Hall–Kier alpha value is -2.28. The van der Waals surface area contributed by atoms with Gasteiger partial charge >= 0.3 is 0 Å². The second kappa shape index (κ2) is 6.25. The molecule has 0 saturated carbocycles. The number of amides is 1. The quantitative estimate of drug-likeness (QED) is 0.843. The number of aryl methyl sites for hydroxylation is 1. The van der Waals surface area contributed by atoms with Gasteiger partial charge in [0.05, 0.1) is 11.6 Å². The molecule has 7 nitrogen and oxygen atoms in total. The molecule has 1 heterocycles. The van der Waals surface area contributed by atoms with Gasteiger partial charge in [-0.3, -0.25) is 4.79 Å². The number of tetrazole rings is 1. The highest BCUT2D eigenvalue weighted by atomic mass is 16.1. The Morgan fingerprint density at radius 1 is 1.50 bits per heavy atom. The van der Waals surface area contributed by atoms with Crippen LogP contribution in [0.5, 0.6) is 0 Å². The molecule has 2 aromatic rings. The minimum absolute atomic E-state index is 0.0513. The summed E-state index contributed by atoms with van der Waals surface area (Å²) in [7, 11) is 0. The van der Waals surface area contributed by atoms with E-state index in [1.807, 2.05) is 32.0 Å². The van der Waals surface area contributed by atoms with Crippen molar-refractivity contribution in [3.8, 4) is 5.69 Å². The summed E-state index contributed by atoms with van der Waals surface area (Å²) in [4.78, 5) is 12.0. The molecular weight excluding hydrogens is 256 g/mol. The molecule has 106 valence electrons. The average Bonchev–Trinajstić information content (AvgIpc) is 2.94. The number of hydrogen-bond donors (Lipinski definition) is 2. The van der Waals surface area contributed by atoms with Crippen molar-refractivity contribution in [3.05, 3.63) is 30.1 Å². The van der Waals surface area contributed by atoms with Crippen molar-refractivity contribution >= 4 is 11.6 Å². The van der Waals surface area contributed by atoms with Gasteiger partial charge in [-0.25, -0.2) is 4.68 Å². The van der Waals surface area contributed by atoms with Crippen molar-refractivity contribution < 1.29 is 4.79 Å². The van der Waals surface area contributed by atoms with Gasteiger partial charge in [0.25, 0.3) is 0 Å². The third-order valence-corrected chi connectivity index (χ3v) is 3.21. The first-order valence-corrected chi connectivity index (χ1v) is 6.50. The fourth-order valence-corrected chi connectivity index (χ4v) is 1.97. The molecule has 3 N–H and O–H groups in total. The van der Waals surface area contributed by atoms with Gasteiger partial charge in [0.15, 0.2) is 0 Å². The van der Waals surface area contributed by atoms with Crippen LogP contribution in [0.15, 0.2) is 24.5 Å². The van der Waals surface area contributed by atoms with E-state index in [4.69, 9.17) is 5.73 Å². The molecule has 0 aliphatic carbocycles. The maximum Gasteiger partial charge on any atom is 0.228 e. The number of rotatable bonds is 5. The Bertz CT molecular complexity index is 577. The Kier molecular flexibility index (Phi) is 4.41. The summed E-state index contributed by atoms with van der Waals surface area (Å²) in [5.41, 5.74) is 8.16. The van der Waals surface area contributed by atoms with E-state index < -0.39 is 0 Å². The number of carbonyl (C=O) groups is 1. The highest BCUT2D eigenvalue weighted by Gasteiger charge is 2.14. The van der Waals surface area contributed by atoms with Crippen LogP contribution in [-0.4, -0.2) is 32.7 Å². The Balaban J connectivity index is 2.16. The van der Waals surface area contributed by atoms with E-state index >= 15 is 0 Å². The van der Waals surface area contributed by atoms with Gasteiger partial charge in [-0.1, -0.05) is 6.92 Å². The van der Waals surface area contributed by atoms with Crippen LogP contribution in [0.25, 0.3) is 5.69 Å². The standard InChI is InChI=1S/C13H18N6O/c1-3-10(7-14)13(20)16-11-4-5-12(9(2)6-11)19-8-15-17-18-19/h4-6,8,10H,3,7,14H2,1-2H3,(H,16,20). The molecule has 1 aromatic heterocycles. The Labute approximate surface area is 117 Å². The fraction of sp³-hybridized carbons (Fsp3) is 0.385. The number of nitrogens with zero attached hydrogens (tertiary/aromatic N) is 4. The zero-order chi connectivity index (χ0) is 14.5. The molecule has 1 amide bonds. The number of anilines is 1. The first-order chi connectivity index (χ1) is 9.65. The smallest absolute Gasteiger partial charge is 0.228 e. The number of hydrogen-bond acceptors (Lipinski definition) is 5. The molecule has 1 unspecified atom stereocenters. The van der Waals surface area contributed by atoms with Gasteiger partial charge in [0, 0.05) is 12.2 Å². The minimum atomic E-state index is -0.158. The van der Waals surface area contributed by atoms with Gasteiger partial charge in [0.2, 0.25) is 5.91 Å². The zero-order valence-electron chi connectivity index (χ0n) is 11.6. The molecule has 2 rings (SSSR count). The molecule has 0 saturated heterocycles. The topological polar surface area (TPSA) is 98.7 Å². The van der Waals surface area contributed by atoms with Gasteiger partial charge in [-0.05, 0) is 47.5 Å². The molecule has 7 heteroatoms. The molecule has 0 aliphatic heterocycles. The van der Waals surface area contributed by atoms with E-state index in [1.165, 1.54) is 6.33 Å². The van der Waals surface area contributed by atoms with Crippen LogP contribution in [0, 0.1) is 12.8 Å². The Morgan fingerprint density at radius 3 is 2.85 bits per heavy atom. The van der Waals surface area contributed by atoms with Crippen LogP contribution in [-0.2, 0) is 4.79 Å². The maximum atomic E-state index is 12.0. The van der Waals surface area contributed by atoms with Crippen LogP contribution in [0.2, 0.25) is 0 Å². The van der Waals surface area contributed by atoms with Gasteiger partial charge in [-0.2, -0.15) is 0 Å². The lowest BCUT2D eigenvalue weighted by atomic mass is 10.1. The third kappa shape index (κ3) is 3.00. The molecule has 0 fully saturated rings. The van der Waals surface area contributed by atoms with E-state index in [2.05, 4.69) is 20.8 Å². The number of benzene rings is 1. The molecule has 1 atom stereocenters. The van der Waals surface area contributed by atoms with Crippen molar-refractivity contribution in [1.29, 1.82) is 0 Å². The van der Waals surface area contributed by atoms with Gasteiger partial charge < -0.3 is 11.1 Å². The van der Waals surface area contributed by atoms with Crippen molar-refractivity contribution in [2.24, 2.45) is 11.7 Å². The molecular formula is C13H18N6O. The molecule has 0 bridgehead atoms. The number of aromatic nitrogens is 4. The van der Waals surface area contributed by atoms with E-state index in [1.54, 1.807) is 4.68 Å². The normalized spacial score (nSPS) is 12.2. The lowest BCUT2D eigenvalue weighted by Crippen LogP contribution is -2.28. The average molecular weight is 274 g/mol. The monoisotopic (exact) mass is 274 g/mol. The summed E-state index contributed by atoms with van der Waals surface area (Å²) < 4.78 is 1.58. The lowest BCUT2D eigenvalue weighted by molar-refractivity contribution is -0.119. The predicted molar refractivity (Wildman–Crippen MR) is 75.4 cm³/mol. The molecule has 0 aliphatic rings. The predicted octanol–water partition coefficient (Wildman–Crippen LogP) is 0.894. The van der Waals surface area contributed by atoms with Crippen LogP contribution in [0.4, 0.5) is 5.69 Å². The SMILES string of the molecule is CCC(CN)C(=O)Nc1ccc(-n2cnnn2)c(C)c1. The van der Waals surface area contributed by atoms with E-state index in [0.29, 0.717) is 6.54 Å². The van der Waals surface area contributed by atoms with Crippen molar-refractivity contribution in [1.82, 2.24) is 20.2 Å². The number of nitrogens with one attached hydrogen (secondary N) is 1. The van der Waals surface area contributed by atoms with E-state index in [0.717, 1.165) is 23.4 Å². The van der Waals surface area contributed by atoms with Crippen molar-refractivity contribution in [2.45, 2.75) is 20.3 Å². The summed E-state index contributed by atoms with van der Waals surface area (Å²) in [6.07, 6.45) is 2.26. The summed E-state index contributed by atoms with van der Waals surface area (Å²) in [6.45, 7) is 4.24. The Morgan fingerprint density at radius 2 is 2.30 bits per heavy atom. The van der Waals surface area contributed by atoms with E-state index in [-0.39, 0.29) is 11.8 Å². The van der Waals surface area contributed by atoms with Crippen LogP contribution in [0.3, 0.4) is 0 Å². The summed E-state index contributed by atoms with van der Waals surface area (Å²) in [5.74, 6) is -0.209. The lowest BCUT2D eigenvalue weighted by Gasteiger charge is -2.14. The number of nitrogens with two attached hydrogens (primary N) is 1. The second-order valence-electron chi connectivity index (χ2n) is 4.59. The van der Waals surface area contributed by atoms with Crippen molar-refractivity contribution in [3.63, 3.8) is 0 Å². The largest absolute Gasteiger partial charge is 0.330 e. The molecule has 20 heavy (non-hydrogen) atoms. The van der Waals surface area contributed by atoms with Crippen LogP contribution < -0.4 is 11.1 Å². The highest BCUT2D eigenvalue weighted by molar-refractivity contribution is 5.92. The molecule has 0 radical (unpaired) electrons. The molecule has 0 spiro atoms. The van der Waals surface area contributed by atoms with Gasteiger partial charge in [-0.15, -0.1) is 5.10 Å². The summed E-state index contributed by atoms with van der Waals surface area (Å²) >= 11 is 0. The van der Waals surface area contributed by atoms with Gasteiger partial charge in [0.1, 0.15) is 6.33 Å². The highest BCUT2D eigenvalue weighted by Crippen LogP contribution is 2.18. The van der Waals surface area contributed by atoms with Crippen LogP contribution in [0.1, 0.15) is 18.9 Å². The third-order valence-electron chi connectivity index (χ3n) is 3.21. The van der Waals surface area contributed by atoms with E-state index in [9.17, 15) is 4.79 Å². The van der Waals surface area contributed by atoms with Crippen molar-refractivity contribution in [2.75, 3.05) is 11.9 Å².